The monoisotopic (exact) mass is 472 g/mol. The van der Waals surface area contributed by atoms with Crippen LogP contribution in [0.25, 0.3) is 11.1 Å². The maximum atomic E-state index is 12.8. The lowest BCUT2D eigenvalue weighted by molar-refractivity contribution is -0.0626. The molecule has 1 aliphatic heterocycles. The number of hydrogen-bond acceptors (Lipinski definition) is 4. The first kappa shape index (κ1) is 25.5. The molecule has 0 spiro atoms. The molecule has 2 aromatic carbocycles. The Morgan fingerprint density at radius 1 is 1.24 bits per heavy atom. The number of carbonyl (C=O) groups is 1. The quantitative estimate of drug-likeness (QED) is 0.549. The fourth-order valence-corrected chi connectivity index (χ4v) is 5.05. The molecular weight excluding hydrogens is 436 g/mol. The predicted octanol–water partition coefficient (Wildman–Crippen LogP) is 5.89. The number of nitrogens with zero attached hydrogens (tertiary/aromatic N) is 1. The Bertz CT molecular complexity index is 972. The number of ether oxygens (including phenoxy) is 1. The highest BCUT2D eigenvalue weighted by Gasteiger charge is 2.43. The highest BCUT2D eigenvalue weighted by atomic mass is 35.5. The second kappa shape index (κ2) is 10.5. The molecule has 0 radical (unpaired) electrons. The summed E-state index contributed by atoms with van der Waals surface area (Å²) in [5.41, 5.74) is 7.86. The van der Waals surface area contributed by atoms with Crippen molar-refractivity contribution in [3.8, 4) is 11.1 Å². The van der Waals surface area contributed by atoms with Crippen LogP contribution in [-0.2, 0) is 10.3 Å². The molecule has 33 heavy (non-hydrogen) atoms. The van der Waals surface area contributed by atoms with E-state index in [2.05, 4.69) is 6.07 Å². The van der Waals surface area contributed by atoms with E-state index >= 15 is 0 Å². The van der Waals surface area contributed by atoms with E-state index < -0.39 is 11.2 Å². The van der Waals surface area contributed by atoms with Crippen molar-refractivity contribution < 1.29 is 14.6 Å². The number of aryl methyl sites for hydroxylation is 1. The van der Waals surface area contributed by atoms with Crippen molar-refractivity contribution in [3.05, 3.63) is 58.6 Å². The third-order valence-corrected chi connectivity index (χ3v) is 6.61. The third-order valence-electron chi connectivity index (χ3n) is 6.30. The molecule has 0 bridgehead atoms. The Kier molecular flexibility index (Phi) is 8.09. The molecular formula is C27H37ClN2O3. The number of hydrogen-bond donors (Lipinski definition) is 2. The van der Waals surface area contributed by atoms with Gasteiger partial charge in [0, 0.05) is 29.6 Å². The van der Waals surface area contributed by atoms with Gasteiger partial charge in [-0.3, -0.25) is 0 Å². The zero-order chi connectivity index (χ0) is 24.2. The molecule has 0 aliphatic carbocycles. The Morgan fingerprint density at radius 3 is 2.64 bits per heavy atom. The van der Waals surface area contributed by atoms with Crippen LogP contribution < -0.4 is 5.73 Å². The topological polar surface area (TPSA) is 75.8 Å². The van der Waals surface area contributed by atoms with Crippen LogP contribution in [0, 0.1) is 12.8 Å². The van der Waals surface area contributed by atoms with Crippen LogP contribution in [0.5, 0.6) is 0 Å². The minimum Gasteiger partial charge on any atom is -0.444 e. The molecule has 0 aromatic heterocycles. The maximum Gasteiger partial charge on any atom is 0.410 e. The van der Waals surface area contributed by atoms with Crippen LogP contribution in [-0.4, -0.2) is 41.3 Å². The SMILES string of the molecule is Cc1cccc(-c2c(Cl)cccc2[C@](O)(CCCN)C2CCCN(C(=O)OC(C)(C)C)C2)c1. The predicted molar refractivity (Wildman–Crippen MR) is 134 cm³/mol. The normalized spacial score (nSPS) is 18.6. The summed E-state index contributed by atoms with van der Waals surface area (Å²) in [4.78, 5) is 14.5. The Hall–Kier alpha value is -2.08. The average molecular weight is 473 g/mol. The van der Waals surface area contributed by atoms with Gasteiger partial charge in [-0.05, 0) is 77.1 Å². The van der Waals surface area contributed by atoms with Crippen LogP contribution in [0.3, 0.4) is 0 Å². The molecule has 2 atom stereocenters. The molecule has 180 valence electrons. The number of nitrogens with two attached hydrogens (primary N) is 1. The van der Waals surface area contributed by atoms with E-state index in [0.29, 0.717) is 37.5 Å². The van der Waals surface area contributed by atoms with Crippen LogP contribution in [0.15, 0.2) is 42.5 Å². The first-order chi connectivity index (χ1) is 15.5. The summed E-state index contributed by atoms with van der Waals surface area (Å²) < 4.78 is 5.61. The summed E-state index contributed by atoms with van der Waals surface area (Å²) in [5, 5.41) is 12.9. The van der Waals surface area contributed by atoms with Crippen LogP contribution in [0.1, 0.15) is 57.6 Å². The molecule has 1 saturated heterocycles. The van der Waals surface area contributed by atoms with E-state index in [1.165, 1.54) is 0 Å². The van der Waals surface area contributed by atoms with E-state index in [-0.39, 0.29) is 12.0 Å². The molecule has 1 unspecified atom stereocenters. The van der Waals surface area contributed by atoms with Gasteiger partial charge in [0.1, 0.15) is 5.60 Å². The molecule has 6 heteroatoms. The standard InChI is InChI=1S/C27H37ClN2O3/c1-19-9-5-10-20(17-19)24-22(12-6-13-23(24)28)27(32,14-8-15-29)21-11-7-16-30(18-21)25(31)33-26(2,3)4/h5-6,9-10,12-13,17,21,32H,7-8,11,14-16,18,29H2,1-4H3/t21?,27-/m0/s1. The van der Waals surface area contributed by atoms with Gasteiger partial charge in [0.05, 0.1) is 5.60 Å². The summed E-state index contributed by atoms with van der Waals surface area (Å²) >= 11 is 6.73. The van der Waals surface area contributed by atoms with Gasteiger partial charge in [0.25, 0.3) is 0 Å². The smallest absolute Gasteiger partial charge is 0.410 e. The Balaban J connectivity index is 2.03. The highest BCUT2D eigenvalue weighted by molar-refractivity contribution is 6.33. The lowest BCUT2D eigenvalue weighted by atomic mass is 9.72. The van der Waals surface area contributed by atoms with Crippen molar-refractivity contribution in [2.75, 3.05) is 19.6 Å². The summed E-state index contributed by atoms with van der Waals surface area (Å²) in [6.45, 7) is 9.16. The number of benzene rings is 2. The van der Waals surface area contributed by atoms with Gasteiger partial charge in [0.2, 0.25) is 0 Å². The number of halogens is 1. The van der Waals surface area contributed by atoms with Gasteiger partial charge in [-0.15, -0.1) is 0 Å². The molecule has 0 saturated carbocycles. The van der Waals surface area contributed by atoms with Gasteiger partial charge in [-0.25, -0.2) is 4.79 Å². The molecule has 3 N–H and O–H groups in total. The van der Waals surface area contributed by atoms with Crippen LogP contribution in [0.2, 0.25) is 5.02 Å². The number of piperidine rings is 1. The first-order valence-corrected chi connectivity index (χ1v) is 12.2. The number of carbonyl (C=O) groups excluding carboxylic acids is 1. The second-order valence-electron chi connectivity index (χ2n) is 10.1. The third kappa shape index (κ3) is 6.08. The average Bonchev–Trinajstić information content (AvgIpc) is 2.76. The van der Waals surface area contributed by atoms with E-state index in [0.717, 1.165) is 35.1 Å². The van der Waals surface area contributed by atoms with Gasteiger partial charge < -0.3 is 20.5 Å². The van der Waals surface area contributed by atoms with E-state index in [1.54, 1.807) is 4.90 Å². The van der Waals surface area contributed by atoms with Crippen LogP contribution in [0.4, 0.5) is 4.79 Å². The zero-order valence-corrected chi connectivity index (χ0v) is 21.0. The van der Waals surface area contributed by atoms with E-state index in [4.69, 9.17) is 22.1 Å². The Labute approximate surface area is 202 Å². The molecule has 5 nitrogen and oxygen atoms in total. The second-order valence-corrected chi connectivity index (χ2v) is 10.5. The minimum atomic E-state index is -1.18. The molecule has 3 rings (SSSR count). The summed E-state index contributed by atoms with van der Waals surface area (Å²) in [6.07, 6.45) is 2.43. The molecule has 1 amide bonds. The number of amides is 1. The zero-order valence-electron chi connectivity index (χ0n) is 20.2. The number of aliphatic hydroxyl groups is 1. The molecule has 1 fully saturated rings. The fraction of sp³-hybridized carbons (Fsp3) is 0.519. The van der Waals surface area contributed by atoms with Crippen molar-refractivity contribution in [1.82, 2.24) is 4.90 Å². The van der Waals surface area contributed by atoms with Gasteiger partial charge in [-0.2, -0.15) is 0 Å². The lowest BCUT2D eigenvalue weighted by Crippen LogP contribution is -2.49. The van der Waals surface area contributed by atoms with Gasteiger partial charge in [-0.1, -0.05) is 53.6 Å². The first-order valence-electron chi connectivity index (χ1n) is 11.8. The summed E-state index contributed by atoms with van der Waals surface area (Å²) in [5.74, 6) is -0.160. The van der Waals surface area contributed by atoms with Crippen molar-refractivity contribution in [3.63, 3.8) is 0 Å². The van der Waals surface area contributed by atoms with Crippen molar-refractivity contribution in [2.45, 2.75) is 64.6 Å². The van der Waals surface area contributed by atoms with Gasteiger partial charge in [0.15, 0.2) is 0 Å². The van der Waals surface area contributed by atoms with E-state index in [9.17, 15) is 9.90 Å². The van der Waals surface area contributed by atoms with Crippen molar-refractivity contribution in [1.29, 1.82) is 0 Å². The van der Waals surface area contributed by atoms with Crippen molar-refractivity contribution >= 4 is 17.7 Å². The maximum absolute atomic E-state index is 12.8. The Morgan fingerprint density at radius 2 is 1.97 bits per heavy atom. The molecule has 1 heterocycles. The minimum absolute atomic E-state index is 0.160. The van der Waals surface area contributed by atoms with E-state index in [1.807, 2.05) is 64.1 Å². The number of rotatable bonds is 6. The summed E-state index contributed by atoms with van der Waals surface area (Å²) in [6, 6.07) is 13.9. The largest absolute Gasteiger partial charge is 0.444 e. The molecule has 2 aromatic rings. The highest BCUT2D eigenvalue weighted by Crippen LogP contribution is 2.45. The summed E-state index contributed by atoms with van der Waals surface area (Å²) in [7, 11) is 0. The van der Waals surface area contributed by atoms with Crippen molar-refractivity contribution in [2.24, 2.45) is 11.7 Å². The van der Waals surface area contributed by atoms with Gasteiger partial charge >= 0.3 is 6.09 Å². The van der Waals surface area contributed by atoms with Crippen LogP contribution >= 0.6 is 11.6 Å². The fourth-order valence-electron chi connectivity index (χ4n) is 4.77. The lowest BCUT2D eigenvalue weighted by Gasteiger charge is -2.43. The number of likely N-dealkylation sites (tertiary alicyclic amines) is 1. The molecule has 1 aliphatic rings.